The number of nitrogens with zero attached hydrogens (tertiary/aromatic N) is 1. The quantitative estimate of drug-likeness (QED) is 0.896. The largest absolute Gasteiger partial charge is 0.366 e. The summed E-state index contributed by atoms with van der Waals surface area (Å²) in [5, 5.41) is 0.678. The maximum absolute atomic E-state index is 12.0. The molecule has 1 heterocycles. The normalized spacial score (nSPS) is 11.1. The summed E-state index contributed by atoms with van der Waals surface area (Å²) in [6.45, 7) is 8.28. The minimum atomic E-state index is -0.383. The summed E-state index contributed by atoms with van der Waals surface area (Å²) in [5.41, 5.74) is 10.2. The Kier molecular flexibility index (Phi) is 4.43. The average molecular weight is 305 g/mol. The highest BCUT2D eigenvalue weighted by Gasteiger charge is 2.24. The van der Waals surface area contributed by atoms with Gasteiger partial charge in [-0.05, 0) is 44.9 Å². The van der Waals surface area contributed by atoms with Crippen molar-refractivity contribution in [1.29, 1.82) is 0 Å². The molecule has 0 aliphatic carbocycles. The average Bonchev–Trinajstić information content (AvgIpc) is 2.72. The molecule has 0 bridgehead atoms. The fourth-order valence-electron chi connectivity index (χ4n) is 3.04. The summed E-state index contributed by atoms with van der Waals surface area (Å²) >= 11 is 5.97. The topological polar surface area (TPSA) is 48.0 Å². The number of nitrogens with two attached hydrogens (primary N) is 1. The summed E-state index contributed by atoms with van der Waals surface area (Å²) in [5.74, 6) is -0.383. The predicted octanol–water partition coefficient (Wildman–Crippen LogP) is 4.36. The zero-order valence-electron chi connectivity index (χ0n) is 12.9. The third-order valence-corrected chi connectivity index (χ3v) is 4.04. The van der Waals surface area contributed by atoms with E-state index in [1.165, 1.54) is 0 Å². The van der Waals surface area contributed by atoms with Gasteiger partial charge in [-0.2, -0.15) is 0 Å². The first-order chi connectivity index (χ1) is 9.88. The molecule has 0 radical (unpaired) electrons. The van der Waals surface area contributed by atoms with Gasteiger partial charge in [-0.1, -0.05) is 30.7 Å². The van der Waals surface area contributed by atoms with Crippen molar-refractivity contribution in [2.24, 2.45) is 5.73 Å². The number of rotatable bonds is 4. The van der Waals surface area contributed by atoms with E-state index in [0.717, 1.165) is 28.9 Å². The predicted molar refractivity (Wildman–Crippen MR) is 87.9 cm³/mol. The van der Waals surface area contributed by atoms with Gasteiger partial charge in [0, 0.05) is 28.0 Å². The molecule has 1 aromatic carbocycles. The van der Waals surface area contributed by atoms with Gasteiger partial charge in [0.2, 0.25) is 0 Å². The van der Waals surface area contributed by atoms with Crippen LogP contribution in [-0.2, 0) is 6.42 Å². The van der Waals surface area contributed by atoms with Gasteiger partial charge in [0.1, 0.15) is 0 Å². The van der Waals surface area contributed by atoms with E-state index >= 15 is 0 Å². The molecule has 0 spiro atoms. The van der Waals surface area contributed by atoms with Crippen molar-refractivity contribution in [2.75, 3.05) is 0 Å². The maximum atomic E-state index is 12.0. The molecule has 4 heteroatoms. The van der Waals surface area contributed by atoms with E-state index in [2.05, 4.69) is 25.3 Å². The van der Waals surface area contributed by atoms with Crippen molar-refractivity contribution in [3.63, 3.8) is 0 Å². The lowest BCUT2D eigenvalue weighted by Gasteiger charge is -2.15. The smallest absolute Gasteiger partial charge is 0.251 e. The van der Waals surface area contributed by atoms with Crippen molar-refractivity contribution in [3.8, 4) is 11.1 Å². The number of carbonyl (C=O) groups excluding carboxylic acids is 1. The van der Waals surface area contributed by atoms with Crippen molar-refractivity contribution in [2.45, 2.75) is 40.2 Å². The lowest BCUT2D eigenvalue weighted by Crippen LogP contribution is -2.14. The highest BCUT2D eigenvalue weighted by Crippen LogP contribution is 2.35. The molecule has 0 saturated carbocycles. The summed E-state index contributed by atoms with van der Waals surface area (Å²) < 4.78 is 2.20. The molecule has 0 aliphatic heterocycles. The second-order valence-electron chi connectivity index (χ2n) is 5.47. The number of primary amides is 1. The van der Waals surface area contributed by atoms with Crippen LogP contribution >= 0.6 is 11.6 Å². The van der Waals surface area contributed by atoms with Gasteiger partial charge in [0.05, 0.1) is 5.56 Å². The number of amides is 1. The molecule has 2 aromatic rings. The van der Waals surface area contributed by atoms with E-state index in [1.807, 2.05) is 31.2 Å². The second kappa shape index (κ2) is 5.94. The Morgan fingerprint density at radius 2 is 1.86 bits per heavy atom. The van der Waals surface area contributed by atoms with Crippen LogP contribution < -0.4 is 5.73 Å². The van der Waals surface area contributed by atoms with Crippen molar-refractivity contribution in [1.82, 2.24) is 4.57 Å². The van der Waals surface area contributed by atoms with Crippen LogP contribution in [0, 0.1) is 6.92 Å². The van der Waals surface area contributed by atoms with Gasteiger partial charge in [0.25, 0.3) is 5.91 Å². The Morgan fingerprint density at radius 3 is 2.29 bits per heavy atom. The van der Waals surface area contributed by atoms with E-state index in [0.29, 0.717) is 10.6 Å². The first-order valence-electron chi connectivity index (χ1n) is 7.17. The Morgan fingerprint density at radius 1 is 1.29 bits per heavy atom. The summed E-state index contributed by atoms with van der Waals surface area (Å²) in [6.07, 6.45) is 0.838. The van der Waals surface area contributed by atoms with E-state index in [4.69, 9.17) is 17.3 Å². The fourth-order valence-corrected chi connectivity index (χ4v) is 3.17. The molecule has 2 N–H and O–H groups in total. The lowest BCUT2D eigenvalue weighted by molar-refractivity contribution is 0.1000. The van der Waals surface area contributed by atoms with E-state index < -0.39 is 0 Å². The van der Waals surface area contributed by atoms with Gasteiger partial charge in [-0.25, -0.2) is 0 Å². The van der Waals surface area contributed by atoms with Crippen molar-refractivity contribution < 1.29 is 4.79 Å². The van der Waals surface area contributed by atoms with Crippen LogP contribution in [0.25, 0.3) is 11.1 Å². The molecule has 0 unspecified atom stereocenters. The van der Waals surface area contributed by atoms with Gasteiger partial charge < -0.3 is 10.3 Å². The molecule has 0 atom stereocenters. The number of hydrogen-bond donors (Lipinski definition) is 1. The Bertz CT molecular complexity index is 669. The van der Waals surface area contributed by atoms with Crippen LogP contribution in [0.15, 0.2) is 24.3 Å². The standard InChI is InChI=1S/C17H21ClN2O/c1-5-14-16(12-6-8-13(18)9-7-12)15(17(19)21)11(4)20(14)10(2)3/h6-10H,5H2,1-4H3,(H2,19,21). The zero-order chi connectivity index (χ0) is 15.7. The molecular formula is C17H21ClN2O. The van der Waals surface area contributed by atoms with Crippen LogP contribution in [0.4, 0.5) is 0 Å². The number of aromatic nitrogens is 1. The highest BCUT2D eigenvalue weighted by molar-refractivity contribution is 6.30. The van der Waals surface area contributed by atoms with Gasteiger partial charge in [-0.3, -0.25) is 4.79 Å². The van der Waals surface area contributed by atoms with Crippen LogP contribution in [0.2, 0.25) is 5.02 Å². The zero-order valence-corrected chi connectivity index (χ0v) is 13.7. The van der Waals surface area contributed by atoms with Crippen LogP contribution in [-0.4, -0.2) is 10.5 Å². The Labute approximate surface area is 130 Å². The lowest BCUT2D eigenvalue weighted by atomic mass is 9.99. The molecule has 1 amide bonds. The number of halogens is 1. The van der Waals surface area contributed by atoms with Gasteiger partial charge >= 0.3 is 0 Å². The minimum Gasteiger partial charge on any atom is -0.366 e. The van der Waals surface area contributed by atoms with Gasteiger partial charge in [-0.15, -0.1) is 0 Å². The first-order valence-corrected chi connectivity index (χ1v) is 7.55. The van der Waals surface area contributed by atoms with E-state index in [-0.39, 0.29) is 11.9 Å². The van der Waals surface area contributed by atoms with Gasteiger partial charge in [0.15, 0.2) is 0 Å². The molecule has 0 fully saturated rings. The molecule has 0 aliphatic rings. The third kappa shape index (κ3) is 2.70. The Balaban J connectivity index is 2.82. The maximum Gasteiger partial charge on any atom is 0.251 e. The second-order valence-corrected chi connectivity index (χ2v) is 5.91. The molecule has 3 nitrogen and oxygen atoms in total. The monoisotopic (exact) mass is 304 g/mol. The number of carbonyl (C=O) groups is 1. The highest BCUT2D eigenvalue weighted by atomic mass is 35.5. The van der Waals surface area contributed by atoms with E-state index in [1.54, 1.807) is 0 Å². The van der Waals surface area contributed by atoms with E-state index in [9.17, 15) is 4.79 Å². The third-order valence-electron chi connectivity index (χ3n) is 3.78. The molecule has 1 aromatic heterocycles. The van der Waals surface area contributed by atoms with Crippen molar-refractivity contribution >= 4 is 17.5 Å². The van der Waals surface area contributed by atoms with Crippen molar-refractivity contribution in [3.05, 3.63) is 46.2 Å². The molecule has 2 rings (SSSR count). The van der Waals surface area contributed by atoms with Crippen LogP contribution in [0.3, 0.4) is 0 Å². The van der Waals surface area contributed by atoms with Crippen LogP contribution in [0.1, 0.15) is 48.6 Å². The number of benzene rings is 1. The summed E-state index contributed by atoms with van der Waals surface area (Å²) in [6, 6.07) is 7.83. The minimum absolute atomic E-state index is 0.277. The van der Waals surface area contributed by atoms with Crippen LogP contribution in [0.5, 0.6) is 0 Å². The summed E-state index contributed by atoms with van der Waals surface area (Å²) in [4.78, 5) is 12.0. The molecule has 112 valence electrons. The molecule has 0 saturated heterocycles. The fraction of sp³-hybridized carbons (Fsp3) is 0.353. The first kappa shape index (κ1) is 15.6. The molecule has 21 heavy (non-hydrogen) atoms. The number of hydrogen-bond acceptors (Lipinski definition) is 1. The molecular weight excluding hydrogens is 284 g/mol. The Hall–Kier alpha value is -1.74. The SMILES string of the molecule is CCc1c(-c2ccc(Cl)cc2)c(C(N)=O)c(C)n1C(C)C. The summed E-state index contributed by atoms with van der Waals surface area (Å²) in [7, 11) is 0.